The number of H-pyrrole nitrogens is 1. The number of nitrogens with one attached hydrogen (secondary N) is 1. The number of hydrogen-bond acceptors (Lipinski definition) is 4. The van der Waals surface area contributed by atoms with Crippen molar-refractivity contribution in [2.75, 3.05) is 18.8 Å². The summed E-state index contributed by atoms with van der Waals surface area (Å²) >= 11 is 1.42. The van der Waals surface area contributed by atoms with Gasteiger partial charge in [0, 0.05) is 19.0 Å². The first-order chi connectivity index (χ1) is 9.24. The minimum Gasteiger partial charge on any atom is -0.343 e. The van der Waals surface area contributed by atoms with Crippen molar-refractivity contribution >= 4 is 17.7 Å². The fourth-order valence-electron chi connectivity index (χ4n) is 2.50. The molecule has 0 saturated heterocycles. The number of hydrogen-bond donors (Lipinski definition) is 1. The predicted octanol–water partition coefficient (Wildman–Crippen LogP) is 2.42. The Bertz CT molecular complexity index is 411. The molecule has 19 heavy (non-hydrogen) atoms. The maximum absolute atomic E-state index is 11.9. The van der Waals surface area contributed by atoms with E-state index in [9.17, 15) is 4.79 Å². The van der Waals surface area contributed by atoms with Gasteiger partial charge >= 0.3 is 0 Å². The first-order valence-electron chi connectivity index (χ1n) is 7.07. The molecule has 1 amide bonds. The Balaban J connectivity index is 1.84. The minimum atomic E-state index is 0.155. The molecule has 0 unspecified atom stereocenters. The normalized spacial score (nSPS) is 15.9. The van der Waals surface area contributed by atoms with Gasteiger partial charge < -0.3 is 4.90 Å². The second-order valence-corrected chi connectivity index (χ2v) is 5.78. The van der Waals surface area contributed by atoms with Crippen molar-refractivity contribution in [3.05, 3.63) is 5.82 Å². The molecule has 0 aromatic carbocycles. The number of aromatic nitrogens is 3. The van der Waals surface area contributed by atoms with E-state index in [1.54, 1.807) is 0 Å². The molecule has 5 nitrogen and oxygen atoms in total. The van der Waals surface area contributed by atoms with Crippen LogP contribution in [0.1, 0.15) is 51.3 Å². The molecule has 106 valence electrons. The van der Waals surface area contributed by atoms with Crippen molar-refractivity contribution in [1.29, 1.82) is 0 Å². The van der Waals surface area contributed by atoms with E-state index >= 15 is 0 Å². The van der Waals surface area contributed by atoms with Crippen LogP contribution >= 0.6 is 11.8 Å². The van der Waals surface area contributed by atoms with E-state index in [1.165, 1.54) is 37.4 Å². The van der Waals surface area contributed by atoms with E-state index in [1.807, 2.05) is 18.7 Å². The van der Waals surface area contributed by atoms with Crippen LogP contribution in [0.4, 0.5) is 0 Å². The highest BCUT2D eigenvalue weighted by Gasteiger charge is 2.21. The summed E-state index contributed by atoms with van der Waals surface area (Å²) in [5.74, 6) is 2.11. The number of amides is 1. The van der Waals surface area contributed by atoms with Gasteiger partial charge in [-0.1, -0.05) is 24.6 Å². The molecule has 1 aromatic heterocycles. The van der Waals surface area contributed by atoms with Crippen molar-refractivity contribution < 1.29 is 4.79 Å². The van der Waals surface area contributed by atoms with Crippen molar-refractivity contribution in [3.8, 4) is 0 Å². The third kappa shape index (κ3) is 3.72. The maximum atomic E-state index is 11.9. The summed E-state index contributed by atoms with van der Waals surface area (Å²) in [5.41, 5.74) is 0. The Labute approximate surface area is 118 Å². The van der Waals surface area contributed by atoms with Crippen LogP contribution < -0.4 is 0 Å². The van der Waals surface area contributed by atoms with Crippen molar-refractivity contribution in [2.45, 2.75) is 50.6 Å². The van der Waals surface area contributed by atoms with Crippen molar-refractivity contribution in [3.63, 3.8) is 0 Å². The van der Waals surface area contributed by atoms with E-state index < -0.39 is 0 Å². The largest absolute Gasteiger partial charge is 0.343 e. The third-order valence-corrected chi connectivity index (χ3v) is 4.50. The Morgan fingerprint density at radius 2 is 2.05 bits per heavy atom. The van der Waals surface area contributed by atoms with E-state index in [0.29, 0.717) is 16.8 Å². The molecule has 6 heteroatoms. The van der Waals surface area contributed by atoms with Gasteiger partial charge in [0.2, 0.25) is 11.1 Å². The molecule has 1 aliphatic rings. The minimum absolute atomic E-state index is 0.155. The fraction of sp³-hybridized carbons (Fsp3) is 0.769. The molecule has 0 atom stereocenters. The molecule has 0 radical (unpaired) electrons. The smallest absolute Gasteiger partial charge is 0.233 e. The molecule has 1 saturated carbocycles. The standard InChI is InChI=1S/C13H22N4OS/c1-3-17(4-2)11(18)9-19-13-14-12(15-16-13)10-7-5-6-8-10/h10H,3-9H2,1-2H3,(H,14,15,16). The average Bonchev–Trinajstić information content (AvgIpc) is 3.08. The summed E-state index contributed by atoms with van der Waals surface area (Å²) in [7, 11) is 0. The Hall–Kier alpha value is -1.04. The fourth-order valence-corrected chi connectivity index (χ4v) is 3.21. The molecular weight excluding hydrogens is 260 g/mol. The first kappa shape index (κ1) is 14.4. The van der Waals surface area contributed by atoms with E-state index in [4.69, 9.17) is 0 Å². The lowest BCUT2D eigenvalue weighted by Crippen LogP contribution is -2.31. The SMILES string of the molecule is CCN(CC)C(=O)CSc1n[nH]c(C2CCCC2)n1. The van der Waals surface area contributed by atoms with Gasteiger partial charge in [-0.2, -0.15) is 0 Å². The molecule has 1 heterocycles. The van der Waals surface area contributed by atoms with Crippen molar-refractivity contribution in [1.82, 2.24) is 20.1 Å². The summed E-state index contributed by atoms with van der Waals surface area (Å²) in [5, 5.41) is 7.92. The Morgan fingerprint density at radius 3 is 2.68 bits per heavy atom. The summed E-state index contributed by atoms with van der Waals surface area (Å²) in [6.45, 7) is 5.52. The number of carbonyl (C=O) groups is 1. The molecule has 0 bridgehead atoms. The van der Waals surface area contributed by atoms with Crippen LogP contribution in [0.25, 0.3) is 0 Å². The molecule has 1 aromatic rings. The zero-order valence-corrected chi connectivity index (χ0v) is 12.5. The second kappa shape index (κ2) is 6.93. The number of thioether (sulfide) groups is 1. The van der Waals surface area contributed by atoms with Gasteiger partial charge in [-0.05, 0) is 26.7 Å². The lowest BCUT2D eigenvalue weighted by molar-refractivity contribution is -0.127. The molecule has 1 fully saturated rings. The number of aromatic amines is 1. The van der Waals surface area contributed by atoms with E-state index in [0.717, 1.165) is 18.9 Å². The van der Waals surface area contributed by atoms with Gasteiger partial charge in [0.1, 0.15) is 5.82 Å². The molecule has 0 spiro atoms. The third-order valence-electron chi connectivity index (χ3n) is 3.66. The lowest BCUT2D eigenvalue weighted by Gasteiger charge is -2.17. The second-order valence-electron chi connectivity index (χ2n) is 4.84. The Kier molecular flexibility index (Phi) is 5.24. The summed E-state index contributed by atoms with van der Waals surface area (Å²) in [6.07, 6.45) is 4.98. The highest BCUT2D eigenvalue weighted by molar-refractivity contribution is 7.99. The highest BCUT2D eigenvalue weighted by Crippen LogP contribution is 2.32. The molecule has 1 aliphatic carbocycles. The molecule has 1 N–H and O–H groups in total. The van der Waals surface area contributed by atoms with Gasteiger partial charge in [0.25, 0.3) is 0 Å². The van der Waals surface area contributed by atoms with Crippen LogP contribution in [0.3, 0.4) is 0 Å². The first-order valence-corrected chi connectivity index (χ1v) is 8.06. The topological polar surface area (TPSA) is 61.9 Å². The lowest BCUT2D eigenvalue weighted by atomic mass is 10.1. The Morgan fingerprint density at radius 1 is 1.37 bits per heavy atom. The van der Waals surface area contributed by atoms with Crippen LogP contribution in [0, 0.1) is 0 Å². The van der Waals surface area contributed by atoms with Crippen LogP contribution in [0.5, 0.6) is 0 Å². The van der Waals surface area contributed by atoms with Crippen LogP contribution in [-0.2, 0) is 4.79 Å². The zero-order valence-electron chi connectivity index (χ0n) is 11.7. The summed E-state index contributed by atoms with van der Waals surface area (Å²) in [4.78, 5) is 18.2. The average molecular weight is 282 g/mol. The van der Waals surface area contributed by atoms with Crippen molar-refractivity contribution in [2.24, 2.45) is 0 Å². The van der Waals surface area contributed by atoms with Gasteiger partial charge in [0.15, 0.2) is 0 Å². The van der Waals surface area contributed by atoms with Gasteiger partial charge in [0.05, 0.1) is 5.75 Å². The van der Waals surface area contributed by atoms with Gasteiger partial charge in [-0.15, -0.1) is 5.10 Å². The maximum Gasteiger partial charge on any atom is 0.233 e. The monoisotopic (exact) mass is 282 g/mol. The number of carbonyl (C=O) groups excluding carboxylic acids is 1. The van der Waals surface area contributed by atoms with Crippen LogP contribution in [-0.4, -0.2) is 44.8 Å². The quantitative estimate of drug-likeness (QED) is 0.814. The number of rotatable bonds is 6. The van der Waals surface area contributed by atoms with Crippen LogP contribution in [0.2, 0.25) is 0 Å². The predicted molar refractivity (Wildman–Crippen MR) is 76.2 cm³/mol. The summed E-state index contributed by atoms with van der Waals surface area (Å²) < 4.78 is 0. The number of nitrogens with zero attached hydrogens (tertiary/aromatic N) is 3. The summed E-state index contributed by atoms with van der Waals surface area (Å²) in [6, 6.07) is 0. The molecular formula is C13H22N4OS. The van der Waals surface area contributed by atoms with E-state index in [-0.39, 0.29) is 5.91 Å². The van der Waals surface area contributed by atoms with E-state index in [2.05, 4.69) is 15.2 Å². The molecule has 2 rings (SSSR count). The van der Waals surface area contributed by atoms with Gasteiger partial charge in [-0.25, -0.2) is 4.98 Å². The van der Waals surface area contributed by atoms with Crippen LogP contribution in [0.15, 0.2) is 5.16 Å². The highest BCUT2D eigenvalue weighted by atomic mass is 32.2. The zero-order chi connectivity index (χ0) is 13.7. The molecule has 0 aliphatic heterocycles. The van der Waals surface area contributed by atoms with Gasteiger partial charge in [-0.3, -0.25) is 9.89 Å².